The number of sulfone groups is 1. The average molecular weight is 254 g/mol. The van der Waals surface area contributed by atoms with Gasteiger partial charge >= 0.3 is 0 Å². The lowest BCUT2D eigenvalue weighted by Crippen LogP contribution is -2.29. The van der Waals surface area contributed by atoms with Gasteiger partial charge in [-0.25, -0.2) is 8.42 Å². The summed E-state index contributed by atoms with van der Waals surface area (Å²) in [5.74, 6) is 0.128. The number of hydrogen-bond acceptors (Lipinski definition) is 5. The van der Waals surface area contributed by atoms with Crippen LogP contribution in [0.25, 0.3) is 0 Å². The zero-order valence-electron chi connectivity index (χ0n) is 8.38. The summed E-state index contributed by atoms with van der Waals surface area (Å²) in [6.07, 6.45) is 1.66. The Labute approximate surface area is 98.1 Å². The number of nitrogens with one attached hydrogen (secondary N) is 1. The molecule has 0 saturated carbocycles. The second kappa shape index (κ2) is 4.37. The molecule has 1 aromatic rings. The molecule has 0 bridgehead atoms. The molecule has 1 N–H and O–H groups in total. The van der Waals surface area contributed by atoms with E-state index in [1.807, 2.05) is 6.07 Å². The van der Waals surface area contributed by atoms with Crippen LogP contribution in [-0.2, 0) is 16.4 Å². The molecule has 0 amide bonds. The molecule has 0 saturated heterocycles. The van der Waals surface area contributed by atoms with Gasteiger partial charge in [0.1, 0.15) is 6.07 Å². The third-order valence-corrected chi connectivity index (χ3v) is 4.58. The second-order valence-corrected chi connectivity index (χ2v) is 6.49. The van der Waals surface area contributed by atoms with E-state index >= 15 is 0 Å². The average Bonchev–Trinajstić information content (AvgIpc) is 2.81. The predicted octanol–water partition coefficient (Wildman–Crippen LogP) is 1.02. The van der Waals surface area contributed by atoms with Gasteiger partial charge in [0, 0.05) is 28.3 Å². The monoisotopic (exact) mass is 254 g/mol. The van der Waals surface area contributed by atoms with Crippen molar-refractivity contribution in [2.45, 2.75) is 12.6 Å². The van der Waals surface area contributed by atoms with E-state index in [4.69, 9.17) is 5.26 Å². The van der Waals surface area contributed by atoms with E-state index in [0.717, 1.165) is 4.88 Å². The highest BCUT2D eigenvalue weighted by atomic mass is 32.2. The molecule has 1 aromatic heterocycles. The molecule has 1 aliphatic heterocycles. The van der Waals surface area contributed by atoms with Gasteiger partial charge in [0.2, 0.25) is 0 Å². The largest absolute Gasteiger partial charge is 0.305 e. The molecule has 0 radical (unpaired) electrons. The third kappa shape index (κ3) is 2.70. The van der Waals surface area contributed by atoms with E-state index in [0.29, 0.717) is 12.1 Å². The summed E-state index contributed by atoms with van der Waals surface area (Å²) in [6, 6.07) is 3.76. The maximum absolute atomic E-state index is 11.1. The Balaban J connectivity index is 1.90. The van der Waals surface area contributed by atoms with Gasteiger partial charge in [0.25, 0.3) is 0 Å². The van der Waals surface area contributed by atoms with Crippen LogP contribution >= 0.6 is 11.3 Å². The van der Waals surface area contributed by atoms with Crippen molar-refractivity contribution in [1.29, 1.82) is 5.26 Å². The lowest BCUT2D eigenvalue weighted by molar-refractivity contribution is 0.591. The summed E-state index contributed by atoms with van der Waals surface area (Å²) < 4.78 is 22.3. The number of nitriles is 1. The first-order chi connectivity index (χ1) is 7.59. The van der Waals surface area contributed by atoms with Crippen LogP contribution in [0.5, 0.6) is 0 Å². The molecule has 1 aliphatic rings. The molecule has 0 fully saturated rings. The van der Waals surface area contributed by atoms with Crippen molar-refractivity contribution in [3.8, 4) is 6.07 Å². The van der Waals surface area contributed by atoms with Crippen molar-refractivity contribution in [3.63, 3.8) is 0 Å². The smallest absolute Gasteiger partial charge is 0.173 e. The van der Waals surface area contributed by atoms with Gasteiger partial charge in [-0.15, -0.1) is 11.3 Å². The summed E-state index contributed by atoms with van der Waals surface area (Å²) in [5, 5.41) is 14.8. The molecule has 16 heavy (non-hydrogen) atoms. The van der Waals surface area contributed by atoms with E-state index in [1.165, 1.54) is 16.7 Å². The van der Waals surface area contributed by atoms with Gasteiger partial charge in [-0.2, -0.15) is 5.26 Å². The Morgan fingerprint density at radius 3 is 3.00 bits per heavy atom. The number of rotatable bonds is 3. The minimum atomic E-state index is -2.99. The van der Waals surface area contributed by atoms with Crippen molar-refractivity contribution >= 4 is 21.2 Å². The highest BCUT2D eigenvalue weighted by molar-refractivity contribution is 7.94. The third-order valence-electron chi connectivity index (χ3n) is 2.25. The Hall–Kier alpha value is -1.16. The van der Waals surface area contributed by atoms with E-state index in [9.17, 15) is 8.42 Å². The molecule has 0 aliphatic carbocycles. The van der Waals surface area contributed by atoms with Crippen LogP contribution in [0, 0.1) is 11.3 Å². The van der Waals surface area contributed by atoms with E-state index in [1.54, 1.807) is 11.5 Å². The number of nitrogens with zero attached hydrogens (tertiary/aromatic N) is 1. The van der Waals surface area contributed by atoms with Gasteiger partial charge in [-0.3, -0.25) is 0 Å². The van der Waals surface area contributed by atoms with E-state index in [2.05, 4.69) is 11.4 Å². The molecule has 6 heteroatoms. The lowest BCUT2D eigenvalue weighted by atomic mass is 10.3. The SMILES string of the molecule is N#Cc1csc(CNC2C=CS(=O)(=O)C2)c1. The lowest BCUT2D eigenvalue weighted by Gasteiger charge is -2.07. The van der Waals surface area contributed by atoms with Crippen molar-refractivity contribution in [1.82, 2.24) is 5.32 Å². The van der Waals surface area contributed by atoms with Crippen LogP contribution in [0.3, 0.4) is 0 Å². The van der Waals surface area contributed by atoms with Crippen LogP contribution in [-0.4, -0.2) is 20.2 Å². The van der Waals surface area contributed by atoms with Gasteiger partial charge in [-0.1, -0.05) is 6.08 Å². The fourth-order valence-corrected chi connectivity index (χ4v) is 3.50. The van der Waals surface area contributed by atoms with Gasteiger partial charge in [-0.05, 0) is 6.07 Å². The van der Waals surface area contributed by atoms with Crippen LogP contribution in [0.15, 0.2) is 22.9 Å². The Bertz CT molecular complexity index is 552. The highest BCUT2D eigenvalue weighted by Gasteiger charge is 2.20. The van der Waals surface area contributed by atoms with Crippen molar-refractivity contribution in [2.75, 3.05) is 5.75 Å². The van der Waals surface area contributed by atoms with E-state index in [-0.39, 0.29) is 11.8 Å². The van der Waals surface area contributed by atoms with Crippen LogP contribution in [0.1, 0.15) is 10.4 Å². The van der Waals surface area contributed by atoms with Crippen molar-refractivity contribution < 1.29 is 8.42 Å². The summed E-state index contributed by atoms with van der Waals surface area (Å²) in [7, 11) is -2.99. The summed E-state index contributed by atoms with van der Waals surface area (Å²) in [4.78, 5) is 1.04. The van der Waals surface area contributed by atoms with Crippen LogP contribution in [0.2, 0.25) is 0 Å². The Morgan fingerprint density at radius 2 is 2.44 bits per heavy atom. The summed E-state index contributed by atoms with van der Waals surface area (Å²) >= 11 is 1.50. The van der Waals surface area contributed by atoms with Gasteiger partial charge in [0.15, 0.2) is 9.84 Å². The number of hydrogen-bond donors (Lipinski definition) is 1. The quantitative estimate of drug-likeness (QED) is 0.874. The van der Waals surface area contributed by atoms with E-state index < -0.39 is 9.84 Å². The molecule has 0 aromatic carbocycles. The van der Waals surface area contributed by atoms with Gasteiger partial charge in [0.05, 0.1) is 11.3 Å². The molecule has 4 nitrogen and oxygen atoms in total. The topological polar surface area (TPSA) is 70.0 Å². The molecule has 2 heterocycles. The predicted molar refractivity (Wildman–Crippen MR) is 62.6 cm³/mol. The molecule has 1 unspecified atom stereocenters. The molecule has 1 atom stereocenters. The first-order valence-corrected chi connectivity index (χ1v) is 7.30. The van der Waals surface area contributed by atoms with Crippen LogP contribution in [0.4, 0.5) is 0 Å². The van der Waals surface area contributed by atoms with Crippen molar-refractivity contribution in [2.24, 2.45) is 0 Å². The molecule has 84 valence electrons. The molecule has 0 spiro atoms. The maximum Gasteiger partial charge on any atom is 0.173 e. The Kier molecular flexibility index (Phi) is 3.10. The minimum Gasteiger partial charge on any atom is -0.305 e. The molecule has 2 rings (SSSR count). The molecular formula is C10H10N2O2S2. The van der Waals surface area contributed by atoms with Crippen molar-refractivity contribution in [3.05, 3.63) is 33.4 Å². The first kappa shape index (κ1) is 11.3. The fraction of sp³-hybridized carbons (Fsp3) is 0.300. The normalized spacial score (nSPS) is 22.1. The zero-order valence-corrected chi connectivity index (χ0v) is 10.0. The van der Waals surface area contributed by atoms with Gasteiger partial charge < -0.3 is 5.32 Å². The zero-order chi connectivity index (χ0) is 11.6. The minimum absolute atomic E-state index is 0.113. The standard InChI is InChI=1S/C10H10N2O2S2/c11-4-8-3-10(15-6-8)5-12-9-1-2-16(13,14)7-9/h1-3,6,9,12H,5,7H2. The second-order valence-electron chi connectivity index (χ2n) is 3.56. The number of thiophene rings is 1. The maximum atomic E-state index is 11.1. The highest BCUT2D eigenvalue weighted by Crippen LogP contribution is 2.15. The Morgan fingerprint density at radius 1 is 1.62 bits per heavy atom. The summed E-state index contributed by atoms with van der Waals surface area (Å²) in [5.41, 5.74) is 0.649. The van der Waals surface area contributed by atoms with Crippen LogP contribution < -0.4 is 5.32 Å². The summed E-state index contributed by atoms with van der Waals surface area (Å²) in [6.45, 7) is 0.594. The molecular weight excluding hydrogens is 244 g/mol. The first-order valence-electron chi connectivity index (χ1n) is 4.71. The fourth-order valence-electron chi connectivity index (χ4n) is 1.47.